The standard InChI is InChI=1S/C24H22ClN5O5S/c1-3-20-22(16-6-10-18(11-7-16)36(2,33)34)29-30(24(32)35-20)14-15-4-8-17(9-5-15)26-23(31)19-12-13-21(25)28-27-19/h4-13,20H,3,14H2,1-2H3,(H,26,31). The van der Waals surface area contributed by atoms with Crippen LogP contribution in [0.1, 0.15) is 35.0 Å². The van der Waals surface area contributed by atoms with Gasteiger partial charge < -0.3 is 10.1 Å². The molecular weight excluding hydrogens is 506 g/mol. The van der Waals surface area contributed by atoms with Gasteiger partial charge >= 0.3 is 6.09 Å². The highest BCUT2D eigenvalue weighted by molar-refractivity contribution is 7.90. The number of cyclic esters (lactones) is 1. The Kier molecular flexibility index (Phi) is 7.32. The maximum atomic E-state index is 12.6. The molecule has 10 nitrogen and oxygen atoms in total. The summed E-state index contributed by atoms with van der Waals surface area (Å²) >= 11 is 5.69. The molecular formula is C24H22ClN5O5S. The number of hydrogen-bond donors (Lipinski definition) is 1. The van der Waals surface area contributed by atoms with Crippen LogP contribution >= 0.6 is 11.6 Å². The summed E-state index contributed by atoms with van der Waals surface area (Å²) in [6.07, 6.45) is 0.517. The van der Waals surface area contributed by atoms with E-state index in [1.807, 2.05) is 6.92 Å². The van der Waals surface area contributed by atoms with E-state index in [0.717, 1.165) is 11.8 Å². The summed E-state index contributed by atoms with van der Waals surface area (Å²) in [7, 11) is -3.33. The predicted octanol–water partition coefficient (Wildman–Crippen LogP) is 3.92. The average molecular weight is 528 g/mol. The monoisotopic (exact) mass is 527 g/mol. The van der Waals surface area contributed by atoms with Crippen molar-refractivity contribution in [2.24, 2.45) is 5.10 Å². The topological polar surface area (TPSA) is 131 Å². The van der Waals surface area contributed by atoms with Gasteiger partial charge in [-0.25, -0.2) is 13.2 Å². The first-order valence-corrected chi connectivity index (χ1v) is 13.2. The molecule has 1 unspecified atom stereocenters. The number of hydrogen-bond acceptors (Lipinski definition) is 8. The van der Waals surface area contributed by atoms with Crippen LogP contribution < -0.4 is 5.32 Å². The molecule has 2 heterocycles. The number of amides is 2. The van der Waals surface area contributed by atoms with Crippen molar-refractivity contribution < 1.29 is 22.7 Å². The van der Waals surface area contributed by atoms with E-state index in [9.17, 15) is 18.0 Å². The third-order valence-electron chi connectivity index (χ3n) is 5.35. The van der Waals surface area contributed by atoms with E-state index in [1.165, 1.54) is 29.3 Å². The Bertz CT molecular complexity index is 1410. The molecule has 12 heteroatoms. The van der Waals surface area contributed by atoms with Gasteiger partial charge in [0.05, 0.1) is 11.4 Å². The number of halogens is 1. The Morgan fingerprint density at radius 1 is 1.06 bits per heavy atom. The Labute approximate surface area is 212 Å². The van der Waals surface area contributed by atoms with E-state index in [0.29, 0.717) is 23.4 Å². The molecule has 1 atom stereocenters. The fourth-order valence-corrected chi connectivity index (χ4v) is 4.20. The molecule has 1 aliphatic rings. The zero-order valence-corrected chi connectivity index (χ0v) is 21.0. The van der Waals surface area contributed by atoms with Crippen LogP contribution in [0.15, 0.2) is 70.7 Å². The first-order valence-electron chi connectivity index (χ1n) is 10.9. The molecule has 3 aromatic rings. The van der Waals surface area contributed by atoms with Crippen LogP contribution in [-0.2, 0) is 21.1 Å². The minimum absolute atomic E-state index is 0.122. The largest absolute Gasteiger partial charge is 0.438 e. The van der Waals surface area contributed by atoms with E-state index in [1.54, 1.807) is 36.4 Å². The first-order chi connectivity index (χ1) is 17.1. The highest BCUT2D eigenvalue weighted by atomic mass is 35.5. The van der Waals surface area contributed by atoms with Crippen LogP contribution in [0.5, 0.6) is 0 Å². The van der Waals surface area contributed by atoms with Crippen LogP contribution in [0.2, 0.25) is 5.15 Å². The molecule has 0 saturated heterocycles. The summed E-state index contributed by atoms with van der Waals surface area (Å²) in [4.78, 5) is 25.1. The van der Waals surface area contributed by atoms with Crippen LogP contribution in [0, 0.1) is 0 Å². The number of nitrogens with zero attached hydrogens (tertiary/aromatic N) is 4. The van der Waals surface area contributed by atoms with Crippen LogP contribution in [-0.4, -0.2) is 53.7 Å². The lowest BCUT2D eigenvalue weighted by atomic mass is 10.0. The minimum Gasteiger partial charge on any atom is -0.438 e. The lowest BCUT2D eigenvalue weighted by Gasteiger charge is -2.29. The molecule has 1 aromatic heterocycles. The Balaban J connectivity index is 1.49. The molecule has 0 spiro atoms. The number of anilines is 1. The molecule has 1 aliphatic heterocycles. The number of sulfone groups is 1. The third kappa shape index (κ3) is 5.86. The lowest BCUT2D eigenvalue weighted by Crippen LogP contribution is -2.41. The second-order valence-electron chi connectivity index (χ2n) is 8.01. The van der Waals surface area contributed by atoms with E-state index < -0.39 is 27.9 Å². The van der Waals surface area contributed by atoms with Crippen LogP contribution in [0.4, 0.5) is 10.5 Å². The van der Waals surface area contributed by atoms with Crippen molar-refractivity contribution >= 4 is 44.8 Å². The van der Waals surface area contributed by atoms with Crippen molar-refractivity contribution in [2.45, 2.75) is 30.9 Å². The number of aromatic nitrogens is 2. The summed E-state index contributed by atoms with van der Waals surface area (Å²) in [5, 5.41) is 16.0. The van der Waals surface area contributed by atoms with Gasteiger partial charge in [-0.15, -0.1) is 10.2 Å². The molecule has 0 bridgehead atoms. The van der Waals surface area contributed by atoms with Crippen molar-refractivity contribution in [3.63, 3.8) is 0 Å². The third-order valence-corrected chi connectivity index (χ3v) is 6.68. The second-order valence-corrected chi connectivity index (χ2v) is 10.4. The number of rotatable bonds is 7. The van der Waals surface area contributed by atoms with Crippen molar-refractivity contribution in [3.05, 3.63) is 82.6 Å². The normalized spacial score (nSPS) is 15.8. The predicted molar refractivity (Wildman–Crippen MR) is 134 cm³/mol. The number of ether oxygens (including phenoxy) is 1. The van der Waals surface area contributed by atoms with Crippen molar-refractivity contribution in [1.82, 2.24) is 15.2 Å². The van der Waals surface area contributed by atoms with E-state index in [4.69, 9.17) is 16.3 Å². The zero-order valence-electron chi connectivity index (χ0n) is 19.4. The van der Waals surface area contributed by atoms with E-state index in [2.05, 4.69) is 20.6 Å². The quantitative estimate of drug-likeness (QED) is 0.492. The average Bonchev–Trinajstić information content (AvgIpc) is 2.86. The second kappa shape index (κ2) is 10.4. The minimum atomic E-state index is -3.33. The zero-order chi connectivity index (χ0) is 25.9. The first kappa shape index (κ1) is 25.3. The number of benzene rings is 2. The van der Waals surface area contributed by atoms with E-state index in [-0.39, 0.29) is 22.3 Å². The summed E-state index contributed by atoms with van der Waals surface area (Å²) in [5.41, 5.74) is 2.60. The molecule has 0 fully saturated rings. The smallest absolute Gasteiger partial charge is 0.431 e. The molecule has 2 amide bonds. The summed E-state index contributed by atoms with van der Waals surface area (Å²) < 4.78 is 29.1. The highest BCUT2D eigenvalue weighted by Crippen LogP contribution is 2.22. The molecule has 0 aliphatic carbocycles. The van der Waals surface area contributed by atoms with Gasteiger partial charge in [-0.2, -0.15) is 10.1 Å². The number of hydrazone groups is 1. The molecule has 1 N–H and O–H groups in total. The van der Waals surface area contributed by atoms with Crippen molar-refractivity contribution in [1.29, 1.82) is 0 Å². The summed E-state index contributed by atoms with van der Waals surface area (Å²) in [6.45, 7) is 2.01. The van der Waals surface area contributed by atoms with Gasteiger partial charge in [-0.05, 0) is 48.4 Å². The molecule has 186 valence electrons. The van der Waals surface area contributed by atoms with Crippen molar-refractivity contribution in [2.75, 3.05) is 11.6 Å². The van der Waals surface area contributed by atoms with Crippen LogP contribution in [0.25, 0.3) is 0 Å². The maximum absolute atomic E-state index is 12.6. The van der Waals surface area contributed by atoms with Crippen molar-refractivity contribution in [3.8, 4) is 0 Å². The Morgan fingerprint density at radius 3 is 2.33 bits per heavy atom. The van der Waals surface area contributed by atoms with Gasteiger partial charge in [0.25, 0.3) is 5.91 Å². The molecule has 36 heavy (non-hydrogen) atoms. The summed E-state index contributed by atoms with van der Waals surface area (Å²) in [6, 6.07) is 16.1. The SMILES string of the molecule is CCC1OC(=O)N(Cc2ccc(NC(=O)c3ccc(Cl)nn3)cc2)N=C1c1ccc(S(C)(=O)=O)cc1. The van der Waals surface area contributed by atoms with Gasteiger partial charge in [-0.3, -0.25) is 4.79 Å². The number of nitrogens with one attached hydrogen (secondary N) is 1. The fraction of sp³-hybridized carbons (Fsp3) is 0.208. The fourth-order valence-electron chi connectivity index (χ4n) is 3.47. The number of carbonyl (C=O) groups is 2. The molecule has 4 rings (SSSR count). The Hall–Kier alpha value is -3.83. The Morgan fingerprint density at radius 2 is 1.75 bits per heavy atom. The maximum Gasteiger partial charge on any atom is 0.431 e. The summed E-state index contributed by atoms with van der Waals surface area (Å²) in [5.74, 6) is -0.437. The number of carbonyl (C=O) groups excluding carboxylic acids is 2. The van der Waals surface area contributed by atoms with Crippen LogP contribution in [0.3, 0.4) is 0 Å². The lowest BCUT2D eigenvalue weighted by molar-refractivity contribution is 0.0712. The van der Waals surface area contributed by atoms with Gasteiger partial charge in [-0.1, -0.05) is 42.8 Å². The van der Waals surface area contributed by atoms with Gasteiger partial charge in [0.2, 0.25) is 0 Å². The molecule has 0 saturated carbocycles. The van der Waals surface area contributed by atoms with Gasteiger partial charge in [0.1, 0.15) is 11.8 Å². The van der Waals surface area contributed by atoms with Gasteiger partial charge in [0, 0.05) is 17.5 Å². The van der Waals surface area contributed by atoms with E-state index >= 15 is 0 Å². The molecule has 0 radical (unpaired) electrons. The highest BCUT2D eigenvalue weighted by Gasteiger charge is 2.30. The molecule has 2 aromatic carbocycles. The van der Waals surface area contributed by atoms with Gasteiger partial charge in [0.15, 0.2) is 20.7 Å².